The number of nitrogens with zero attached hydrogens (tertiary/aromatic N) is 1. The van der Waals surface area contributed by atoms with Gasteiger partial charge < -0.3 is 5.32 Å². The van der Waals surface area contributed by atoms with Gasteiger partial charge in [0, 0.05) is 10.9 Å². The van der Waals surface area contributed by atoms with Crippen molar-refractivity contribution in [2.45, 2.75) is 51.1 Å². The first-order valence-corrected chi connectivity index (χ1v) is 8.42. The van der Waals surface area contributed by atoms with Crippen LogP contribution in [0.2, 0.25) is 0 Å². The Morgan fingerprint density at radius 3 is 2.95 bits per heavy atom. The topological polar surface area (TPSA) is 24.9 Å². The normalized spacial score (nSPS) is 19.1. The molecular weight excluding hydrogens is 264 g/mol. The lowest BCUT2D eigenvalue weighted by Crippen LogP contribution is -2.24. The van der Waals surface area contributed by atoms with Crippen LogP contribution < -0.4 is 5.32 Å². The van der Waals surface area contributed by atoms with E-state index in [4.69, 9.17) is 4.98 Å². The third kappa shape index (κ3) is 2.40. The molecule has 2 aliphatic carbocycles. The molecule has 2 aromatic rings. The molecule has 1 saturated carbocycles. The van der Waals surface area contributed by atoms with E-state index in [2.05, 4.69) is 36.5 Å². The lowest BCUT2D eigenvalue weighted by Gasteiger charge is -2.17. The van der Waals surface area contributed by atoms with E-state index in [9.17, 15) is 0 Å². The molecule has 0 amide bonds. The summed E-state index contributed by atoms with van der Waals surface area (Å²) in [4.78, 5) is 6.46. The van der Waals surface area contributed by atoms with Crippen LogP contribution in [-0.2, 0) is 12.8 Å². The summed E-state index contributed by atoms with van der Waals surface area (Å²) in [5, 5.41) is 5.06. The molecule has 0 spiro atoms. The summed E-state index contributed by atoms with van der Waals surface area (Å²) in [7, 11) is 0. The Labute approximate surface area is 124 Å². The van der Waals surface area contributed by atoms with Gasteiger partial charge in [-0.2, -0.15) is 0 Å². The molecule has 0 saturated heterocycles. The molecule has 104 valence electrons. The molecule has 0 radical (unpaired) electrons. The Morgan fingerprint density at radius 2 is 2.20 bits per heavy atom. The molecule has 2 aliphatic rings. The summed E-state index contributed by atoms with van der Waals surface area (Å²) in [6, 6.07) is 9.84. The first-order chi connectivity index (χ1) is 9.79. The van der Waals surface area contributed by atoms with Gasteiger partial charge in [-0.1, -0.05) is 29.8 Å². The number of rotatable bonds is 4. The van der Waals surface area contributed by atoms with Crippen LogP contribution in [0.1, 0.15) is 52.0 Å². The third-order valence-electron chi connectivity index (χ3n) is 4.21. The second-order valence-corrected chi connectivity index (χ2v) is 7.18. The molecule has 1 aromatic heterocycles. The summed E-state index contributed by atoms with van der Waals surface area (Å²) >= 11 is 1.93. The Kier molecular flexibility index (Phi) is 3.12. The predicted octanol–water partition coefficient (Wildman–Crippen LogP) is 3.78. The van der Waals surface area contributed by atoms with E-state index >= 15 is 0 Å². The third-order valence-corrected chi connectivity index (χ3v) is 5.44. The number of hydrogen-bond acceptors (Lipinski definition) is 3. The van der Waals surface area contributed by atoms with Crippen molar-refractivity contribution in [3.05, 3.63) is 51.0 Å². The molecule has 2 nitrogen and oxygen atoms in total. The van der Waals surface area contributed by atoms with E-state index in [-0.39, 0.29) is 6.04 Å². The van der Waals surface area contributed by atoms with Gasteiger partial charge in [0.1, 0.15) is 5.01 Å². The number of aryl methyl sites for hydroxylation is 3. The van der Waals surface area contributed by atoms with Gasteiger partial charge in [-0.05, 0) is 44.6 Å². The van der Waals surface area contributed by atoms with Crippen molar-refractivity contribution in [1.29, 1.82) is 0 Å². The second-order valence-electron chi connectivity index (χ2n) is 6.06. The van der Waals surface area contributed by atoms with E-state index < -0.39 is 0 Å². The lowest BCUT2D eigenvalue weighted by atomic mass is 10.0. The maximum Gasteiger partial charge on any atom is 0.115 e. The van der Waals surface area contributed by atoms with Crippen molar-refractivity contribution in [2.24, 2.45) is 0 Å². The molecule has 0 bridgehead atoms. The van der Waals surface area contributed by atoms with Crippen LogP contribution in [0.3, 0.4) is 0 Å². The van der Waals surface area contributed by atoms with Crippen LogP contribution in [0.25, 0.3) is 0 Å². The molecule has 3 heteroatoms. The molecule has 1 aromatic carbocycles. The zero-order chi connectivity index (χ0) is 13.5. The van der Waals surface area contributed by atoms with E-state index in [0.717, 1.165) is 0 Å². The number of fused-ring (bicyclic) bond motifs is 1. The summed E-state index contributed by atoms with van der Waals surface area (Å²) in [6.45, 7) is 2.17. The first-order valence-electron chi connectivity index (χ1n) is 7.61. The van der Waals surface area contributed by atoms with Crippen molar-refractivity contribution < 1.29 is 0 Å². The minimum atomic E-state index is 0.290. The Morgan fingerprint density at radius 1 is 1.30 bits per heavy atom. The summed E-state index contributed by atoms with van der Waals surface area (Å²) in [5.74, 6) is 0. The highest BCUT2D eigenvalue weighted by Gasteiger charge is 2.29. The molecule has 1 fully saturated rings. The quantitative estimate of drug-likeness (QED) is 0.924. The van der Waals surface area contributed by atoms with Crippen molar-refractivity contribution in [3.63, 3.8) is 0 Å². The number of thiazole rings is 1. The SMILES string of the molecule is Cc1cccc(C(NC2CC2)c2nc3c(s2)CCC3)c1. The summed E-state index contributed by atoms with van der Waals surface area (Å²) in [6.07, 6.45) is 6.33. The minimum Gasteiger partial charge on any atom is -0.301 e. The average molecular weight is 284 g/mol. The first kappa shape index (κ1) is 12.5. The molecular formula is C17H20N2S. The molecule has 20 heavy (non-hydrogen) atoms. The van der Waals surface area contributed by atoms with Crippen molar-refractivity contribution >= 4 is 11.3 Å². The zero-order valence-corrected chi connectivity index (χ0v) is 12.7. The predicted molar refractivity (Wildman–Crippen MR) is 83.3 cm³/mol. The van der Waals surface area contributed by atoms with Crippen molar-refractivity contribution in [1.82, 2.24) is 10.3 Å². The van der Waals surface area contributed by atoms with Crippen molar-refractivity contribution in [2.75, 3.05) is 0 Å². The second kappa shape index (κ2) is 4.97. The fourth-order valence-corrected chi connectivity index (χ4v) is 4.22. The van der Waals surface area contributed by atoms with Crippen LogP contribution in [0.5, 0.6) is 0 Å². The monoisotopic (exact) mass is 284 g/mol. The van der Waals surface area contributed by atoms with Gasteiger partial charge in [0.2, 0.25) is 0 Å². The maximum absolute atomic E-state index is 4.93. The standard InChI is InChI=1S/C17H20N2S/c1-11-4-2-5-12(10-11)16(18-13-8-9-13)17-19-14-6-3-7-15(14)20-17/h2,4-5,10,13,16,18H,3,6-9H2,1H3. The minimum absolute atomic E-state index is 0.290. The maximum atomic E-state index is 4.93. The van der Waals surface area contributed by atoms with E-state index in [0.29, 0.717) is 6.04 Å². The molecule has 1 heterocycles. The van der Waals surface area contributed by atoms with Crippen LogP contribution >= 0.6 is 11.3 Å². The van der Waals surface area contributed by atoms with Gasteiger partial charge in [0.05, 0.1) is 11.7 Å². The van der Waals surface area contributed by atoms with Crippen LogP contribution in [0.4, 0.5) is 0 Å². The molecule has 1 unspecified atom stereocenters. The van der Waals surface area contributed by atoms with Crippen LogP contribution in [-0.4, -0.2) is 11.0 Å². The molecule has 0 aliphatic heterocycles. The summed E-state index contributed by atoms with van der Waals surface area (Å²) < 4.78 is 0. The molecule has 4 rings (SSSR count). The van der Waals surface area contributed by atoms with Crippen LogP contribution in [0.15, 0.2) is 24.3 Å². The summed E-state index contributed by atoms with van der Waals surface area (Å²) in [5.41, 5.74) is 4.05. The number of hydrogen-bond donors (Lipinski definition) is 1. The number of benzene rings is 1. The average Bonchev–Trinajstić information content (AvgIpc) is 3.00. The van der Waals surface area contributed by atoms with Gasteiger partial charge in [-0.3, -0.25) is 0 Å². The van der Waals surface area contributed by atoms with Crippen molar-refractivity contribution in [3.8, 4) is 0 Å². The Hall–Kier alpha value is -1.19. The van der Waals surface area contributed by atoms with Crippen LogP contribution in [0, 0.1) is 6.92 Å². The lowest BCUT2D eigenvalue weighted by molar-refractivity contribution is 0.596. The highest BCUT2D eigenvalue weighted by atomic mass is 32.1. The zero-order valence-electron chi connectivity index (χ0n) is 11.9. The molecule has 1 N–H and O–H groups in total. The van der Waals surface area contributed by atoms with E-state index in [1.54, 1.807) is 0 Å². The van der Waals surface area contributed by atoms with Gasteiger partial charge in [-0.15, -0.1) is 11.3 Å². The number of aromatic nitrogens is 1. The Bertz CT molecular complexity index is 606. The van der Waals surface area contributed by atoms with E-state index in [1.165, 1.54) is 58.8 Å². The molecule has 1 atom stereocenters. The van der Waals surface area contributed by atoms with Gasteiger partial charge >= 0.3 is 0 Å². The largest absolute Gasteiger partial charge is 0.301 e. The smallest absolute Gasteiger partial charge is 0.115 e. The number of nitrogens with one attached hydrogen (secondary N) is 1. The highest BCUT2D eigenvalue weighted by molar-refractivity contribution is 7.11. The van der Waals surface area contributed by atoms with Gasteiger partial charge in [0.15, 0.2) is 0 Å². The highest BCUT2D eigenvalue weighted by Crippen LogP contribution is 2.35. The fraction of sp³-hybridized carbons (Fsp3) is 0.471. The van der Waals surface area contributed by atoms with E-state index in [1.807, 2.05) is 11.3 Å². The van der Waals surface area contributed by atoms with Gasteiger partial charge in [0.25, 0.3) is 0 Å². The fourth-order valence-electron chi connectivity index (χ4n) is 2.98. The van der Waals surface area contributed by atoms with Gasteiger partial charge in [-0.25, -0.2) is 4.98 Å². The Balaban J connectivity index is 1.70.